The number of hydrogen-bond acceptors (Lipinski definition) is 2. The van der Waals surface area contributed by atoms with Crippen LogP contribution >= 0.6 is 0 Å². The molecule has 0 atom stereocenters. The highest BCUT2D eigenvalue weighted by Crippen LogP contribution is 2.44. The molecule has 58 heavy (non-hydrogen) atoms. The Balaban J connectivity index is 1.12. The molecular formula is C56H37NO. The third-order valence-corrected chi connectivity index (χ3v) is 11.4. The lowest BCUT2D eigenvalue weighted by atomic mass is 9.94. The van der Waals surface area contributed by atoms with Crippen molar-refractivity contribution in [3.05, 3.63) is 224 Å². The van der Waals surface area contributed by atoms with Gasteiger partial charge in [-0.15, -0.1) is 0 Å². The van der Waals surface area contributed by atoms with E-state index in [4.69, 9.17) is 4.42 Å². The Kier molecular flexibility index (Phi) is 8.19. The maximum absolute atomic E-state index is 6.82. The molecule has 0 unspecified atom stereocenters. The third kappa shape index (κ3) is 6.00. The van der Waals surface area contributed by atoms with Crippen molar-refractivity contribution in [2.24, 2.45) is 0 Å². The van der Waals surface area contributed by atoms with Crippen molar-refractivity contribution in [3.63, 3.8) is 0 Å². The summed E-state index contributed by atoms with van der Waals surface area (Å²) >= 11 is 0. The molecule has 0 fully saturated rings. The van der Waals surface area contributed by atoms with Crippen molar-refractivity contribution < 1.29 is 4.42 Å². The molecule has 0 spiro atoms. The number of anilines is 3. The van der Waals surface area contributed by atoms with Gasteiger partial charge in [0.2, 0.25) is 0 Å². The molecule has 0 aliphatic heterocycles. The standard InChI is InChI=1S/C56H37NO/c1-3-13-38(14-4-1)45-34-46(51-22-11-20-41-18-9-10-21-50(41)51)36-49(35-45)57(47-29-27-40(28-30-47)44-26-25-39-15-7-8-19-43(39)33-44)48-31-32-53-54-24-12-23-52(42-16-5-2-6-17-42)56(54)58-55(53)37-48/h1-37H. The summed E-state index contributed by atoms with van der Waals surface area (Å²) < 4.78 is 6.82. The van der Waals surface area contributed by atoms with E-state index in [1.54, 1.807) is 0 Å². The van der Waals surface area contributed by atoms with E-state index < -0.39 is 0 Å². The molecule has 0 bridgehead atoms. The number of fused-ring (bicyclic) bond motifs is 5. The van der Waals surface area contributed by atoms with E-state index in [1.807, 2.05) is 0 Å². The summed E-state index contributed by atoms with van der Waals surface area (Å²) in [6.45, 7) is 0. The van der Waals surface area contributed by atoms with Crippen LogP contribution in [-0.2, 0) is 0 Å². The van der Waals surface area contributed by atoms with E-state index in [0.29, 0.717) is 0 Å². The molecule has 11 aromatic rings. The molecule has 0 saturated carbocycles. The average molecular weight is 740 g/mol. The first-order valence-electron chi connectivity index (χ1n) is 19.8. The second-order valence-corrected chi connectivity index (χ2v) is 14.9. The van der Waals surface area contributed by atoms with Gasteiger partial charge in [0, 0.05) is 39.5 Å². The Hall–Kier alpha value is -7.68. The molecule has 0 N–H and O–H groups in total. The minimum Gasteiger partial charge on any atom is -0.455 e. The molecule has 1 heterocycles. The van der Waals surface area contributed by atoms with Crippen LogP contribution in [0, 0.1) is 0 Å². The molecular weight excluding hydrogens is 703 g/mol. The summed E-state index contributed by atoms with van der Waals surface area (Å²) in [5.74, 6) is 0. The fourth-order valence-corrected chi connectivity index (χ4v) is 8.56. The molecule has 11 rings (SSSR count). The van der Waals surface area contributed by atoms with Gasteiger partial charge in [0.05, 0.1) is 0 Å². The van der Waals surface area contributed by atoms with E-state index >= 15 is 0 Å². The van der Waals surface area contributed by atoms with E-state index in [2.05, 4.69) is 229 Å². The predicted octanol–water partition coefficient (Wildman–Crippen LogP) is 16.0. The average Bonchev–Trinajstić information content (AvgIpc) is 3.68. The van der Waals surface area contributed by atoms with Crippen LogP contribution in [-0.4, -0.2) is 0 Å². The van der Waals surface area contributed by atoms with Gasteiger partial charge in [-0.3, -0.25) is 0 Å². The van der Waals surface area contributed by atoms with Gasteiger partial charge in [-0.05, 0) is 109 Å². The van der Waals surface area contributed by atoms with Gasteiger partial charge in [0.25, 0.3) is 0 Å². The van der Waals surface area contributed by atoms with Crippen molar-refractivity contribution in [3.8, 4) is 44.5 Å². The Labute approximate surface area is 337 Å². The van der Waals surface area contributed by atoms with Crippen LogP contribution < -0.4 is 4.90 Å². The Morgan fingerprint density at radius 2 is 0.879 bits per heavy atom. The molecule has 0 amide bonds. The minimum atomic E-state index is 0.849. The van der Waals surface area contributed by atoms with Crippen LogP contribution in [0.5, 0.6) is 0 Å². The van der Waals surface area contributed by atoms with Gasteiger partial charge in [0.15, 0.2) is 0 Å². The summed E-state index contributed by atoms with van der Waals surface area (Å²) in [4.78, 5) is 2.37. The zero-order valence-electron chi connectivity index (χ0n) is 31.7. The van der Waals surface area contributed by atoms with Crippen molar-refractivity contribution in [2.45, 2.75) is 0 Å². The van der Waals surface area contributed by atoms with Crippen LogP contribution in [0.1, 0.15) is 0 Å². The highest BCUT2D eigenvalue weighted by molar-refractivity contribution is 6.10. The molecule has 1 aromatic heterocycles. The van der Waals surface area contributed by atoms with Crippen LogP contribution in [0.25, 0.3) is 88.0 Å². The van der Waals surface area contributed by atoms with Gasteiger partial charge in [-0.2, -0.15) is 0 Å². The maximum atomic E-state index is 6.82. The number of hydrogen-bond donors (Lipinski definition) is 0. The highest BCUT2D eigenvalue weighted by Gasteiger charge is 2.20. The van der Waals surface area contributed by atoms with E-state index in [1.165, 1.54) is 43.8 Å². The fraction of sp³-hybridized carbons (Fsp3) is 0. The first-order valence-corrected chi connectivity index (χ1v) is 19.8. The third-order valence-electron chi connectivity index (χ3n) is 11.4. The number of benzene rings is 10. The van der Waals surface area contributed by atoms with Crippen LogP contribution in [0.15, 0.2) is 229 Å². The predicted molar refractivity (Wildman–Crippen MR) is 245 cm³/mol. The van der Waals surface area contributed by atoms with Gasteiger partial charge in [-0.25, -0.2) is 0 Å². The van der Waals surface area contributed by atoms with Crippen molar-refractivity contribution in [1.82, 2.24) is 0 Å². The van der Waals surface area contributed by atoms with Crippen LogP contribution in [0.2, 0.25) is 0 Å². The first kappa shape index (κ1) is 33.6. The summed E-state index contributed by atoms with van der Waals surface area (Å²) in [6, 6.07) is 80.7. The Morgan fingerprint density at radius 1 is 0.276 bits per heavy atom. The van der Waals surface area contributed by atoms with E-state index in [-0.39, 0.29) is 0 Å². The van der Waals surface area contributed by atoms with E-state index in [9.17, 15) is 0 Å². The number of rotatable bonds is 7. The Bertz CT molecular complexity index is 3270. The van der Waals surface area contributed by atoms with Crippen molar-refractivity contribution >= 4 is 60.5 Å². The zero-order valence-corrected chi connectivity index (χ0v) is 31.7. The SMILES string of the molecule is c1ccc(-c2cc(-c3cccc4ccccc34)cc(N(c3ccc(-c4ccc5ccccc5c4)cc3)c3ccc4c(c3)oc3c(-c5ccccc5)cccc34)c2)cc1. The number of furan rings is 1. The molecule has 2 nitrogen and oxygen atoms in total. The normalized spacial score (nSPS) is 11.4. The minimum absolute atomic E-state index is 0.849. The highest BCUT2D eigenvalue weighted by atomic mass is 16.3. The molecule has 0 aliphatic carbocycles. The summed E-state index contributed by atoms with van der Waals surface area (Å²) in [5.41, 5.74) is 14.1. The zero-order chi connectivity index (χ0) is 38.4. The summed E-state index contributed by atoms with van der Waals surface area (Å²) in [7, 11) is 0. The van der Waals surface area contributed by atoms with Gasteiger partial charge < -0.3 is 9.32 Å². The molecule has 0 radical (unpaired) electrons. The lowest BCUT2D eigenvalue weighted by molar-refractivity contribution is 0.670. The lowest BCUT2D eigenvalue weighted by Gasteiger charge is -2.27. The quantitative estimate of drug-likeness (QED) is 0.162. The van der Waals surface area contributed by atoms with Crippen molar-refractivity contribution in [1.29, 1.82) is 0 Å². The molecule has 2 heteroatoms. The number of para-hydroxylation sites is 1. The fourth-order valence-electron chi connectivity index (χ4n) is 8.56. The second-order valence-electron chi connectivity index (χ2n) is 14.9. The topological polar surface area (TPSA) is 16.4 Å². The van der Waals surface area contributed by atoms with Gasteiger partial charge in [-0.1, -0.05) is 170 Å². The van der Waals surface area contributed by atoms with Crippen LogP contribution in [0.3, 0.4) is 0 Å². The first-order chi connectivity index (χ1) is 28.7. The summed E-state index contributed by atoms with van der Waals surface area (Å²) in [6.07, 6.45) is 0. The molecule has 0 aliphatic rings. The van der Waals surface area contributed by atoms with Crippen LogP contribution in [0.4, 0.5) is 17.1 Å². The molecule has 272 valence electrons. The monoisotopic (exact) mass is 739 g/mol. The maximum Gasteiger partial charge on any atom is 0.143 e. The summed E-state index contributed by atoms with van der Waals surface area (Å²) in [5, 5.41) is 7.13. The second kappa shape index (κ2) is 14.1. The Morgan fingerprint density at radius 3 is 1.71 bits per heavy atom. The van der Waals surface area contributed by atoms with Gasteiger partial charge in [0.1, 0.15) is 11.2 Å². The van der Waals surface area contributed by atoms with Gasteiger partial charge >= 0.3 is 0 Å². The molecule has 10 aromatic carbocycles. The van der Waals surface area contributed by atoms with Crippen molar-refractivity contribution in [2.75, 3.05) is 4.90 Å². The van der Waals surface area contributed by atoms with E-state index in [0.717, 1.165) is 61.3 Å². The largest absolute Gasteiger partial charge is 0.455 e. The lowest BCUT2D eigenvalue weighted by Crippen LogP contribution is -2.10. The smallest absolute Gasteiger partial charge is 0.143 e. The number of nitrogens with zero attached hydrogens (tertiary/aromatic N) is 1. The molecule has 0 saturated heterocycles.